The minimum atomic E-state index is -0.505. The Labute approximate surface area is 178 Å². The van der Waals surface area contributed by atoms with Gasteiger partial charge in [-0.1, -0.05) is 18.2 Å². The summed E-state index contributed by atoms with van der Waals surface area (Å²) in [6, 6.07) is 19.0. The van der Waals surface area contributed by atoms with Crippen LogP contribution >= 0.6 is 11.3 Å². The van der Waals surface area contributed by atoms with Crippen LogP contribution in [0.5, 0.6) is 5.75 Å². The van der Waals surface area contributed by atoms with E-state index < -0.39 is 11.7 Å². The van der Waals surface area contributed by atoms with Crippen LogP contribution in [0.4, 0.5) is 5.69 Å². The number of amides is 1. The number of carbonyl (C=O) groups excluding carboxylic acids is 2. The van der Waals surface area contributed by atoms with Crippen molar-refractivity contribution in [2.45, 2.75) is 12.5 Å². The fourth-order valence-electron chi connectivity index (χ4n) is 3.91. The Balaban J connectivity index is 1.48. The van der Waals surface area contributed by atoms with Crippen LogP contribution < -0.4 is 9.64 Å². The lowest BCUT2D eigenvalue weighted by Gasteiger charge is -2.27. The van der Waals surface area contributed by atoms with Gasteiger partial charge in [-0.15, -0.1) is 11.3 Å². The van der Waals surface area contributed by atoms with E-state index >= 15 is 0 Å². The van der Waals surface area contributed by atoms with E-state index in [0.717, 1.165) is 23.4 Å². The number of nitrogens with zero attached hydrogens (tertiary/aromatic N) is 3. The number of benzene rings is 2. The smallest absolute Gasteiger partial charge is 0.301 e. The van der Waals surface area contributed by atoms with E-state index in [4.69, 9.17) is 9.84 Å². The quantitative estimate of drug-likeness (QED) is 0.587. The predicted octanol–water partition coefficient (Wildman–Crippen LogP) is 4.09. The third kappa shape index (κ3) is 3.07. The number of methoxy groups -OCH3 is 1. The summed E-state index contributed by atoms with van der Waals surface area (Å²) in [5, 5.41) is 8.81. The Hall–Kier alpha value is -3.45. The van der Waals surface area contributed by atoms with E-state index in [2.05, 4.69) is 6.07 Å². The molecule has 0 N–H and O–H groups in total. The van der Waals surface area contributed by atoms with E-state index in [1.54, 1.807) is 30.6 Å². The van der Waals surface area contributed by atoms with Crippen LogP contribution in [-0.2, 0) is 4.79 Å². The van der Waals surface area contributed by atoms with Gasteiger partial charge in [0.05, 0.1) is 30.1 Å². The number of thiophene rings is 1. The van der Waals surface area contributed by atoms with E-state index in [9.17, 15) is 9.59 Å². The first-order chi connectivity index (χ1) is 14.7. The fourth-order valence-corrected chi connectivity index (χ4v) is 4.74. The fraction of sp³-hybridized carbons (Fsp3) is 0.174. The summed E-state index contributed by atoms with van der Waals surface area (Å²) in [6.45, 7) is 0.226. The average Bonchev–Trinajstić information content (AvgIpc) is 3.50. The topological polar surface area (TPSA) is 62.2 Å². The van der Waals surface area contributed by atoms with Gasteiger partial charge in [-0.2, -0.15) is 5.10 Å². The van der Waals surface area contributed by atoms with E-state index in [-0.39, 0.29) is 12.7 Å². The first-order valence-corrected chi connectivity index (χ1v) is 10.5. The summed E-state index contributed by atoms with van der Waals surface area (Å²) >= 11 is 1.67. The summed E-state index contributed by atoms with van der Waals surface area (Å²) in [5.41, 5.74) is 3.06. The van der Waals surface area contributed by atoms with Crippen molar-refractivity contribution in [2.24, 2.45) is 5.10 Å². The van der Waals surface area contributed by atoms with Crippen molar-refractivity contribution in [2.75, 3.05) is 18.7 Å². The number of carbonyl (C=O) groups is 2. The highest BCUT2D eigenvalue weighted by Crippen LogP contribution is 2.37. The summed E-state index contributed by atoms with van der Waals surface area (Å²) < 4.78 is 5.25. The van der Waals surface area contributed by atoms with Gasteiger partial charge in [0, 0.05) is 11.3 Å². The number of fused-ring (bicyclic) bond motifs is 1. The molecule has 0 radical (unpaired) electrons. The zero-order valence-electron chi connectivity index (χ0n) is 16.3. The number of hydrogen-bond donors (Lipinski definition) is 0. The highest BCUT2D eigenvalue weighted by atomic mass is 32.1. The molecule has 3 aromatic rings. The van der Waals surface area contributed by atoms with E-state index in [1.165, 1.54) is 9.78 Å². The monoisotopic (exact) mass is 417 g/mol. The predicted molar refractivity (Wildman–Crippen MR) is 116 cm³/mol. The van der Waals surface area contributed by atoms with Crippen molar-refractivity contribution in [1.82, 2.24) is 5.01 Å². The van der Waals surface area contributed by atoms with Crippen LogP contribution in [0.2, 0.25) is 0 Å². The van der Waals surface area contributed by atoms with Crippen molar-refractivity contribution in [3.05, 3.63) is 82.0 Å². The van der Waals surface area contributed by atoms with Gasteiger partial charge in [0.25, 0.3) is 5.78 Å². The molecule has 2 aromatic carbocycles. The third-order valence-corrected chi connectivity index (χ3v) is 6.43. The van der Waals surface area contributed by atoms with Crippen LogP contribution in [0.15, 0.2) is 71.1 Å². The lowest BCUT2D eigenvalue weighted by atomic mass is 10.0. The molecule has 2 aliphatic rings. The highest BCUT2D eigenvalue weighted by molar-refractivity contribution is 7.10. The number of para-hydroxylation sites is 1. The molecule has 3 heterocycles. The zero-order valence-corrected chi connectivity index (χ0v) is 17.1. The Bertz CT molecular complexity index is 1140. The maximum atomic E-state index is 12.7. The van der Waals surface area contributed by atoms with Crippen LogP contribution in [-0.4, -0.2) is 36.2 Å². The molecular weight excluding hydrogens is 398 g/mol. The van der Waals surface area contributed by atoms with Gasteiger partial charge in [-0.05, 0) is 53.4 Å². The molecule has 7 heteroatoms. The molecule has 30 heavy (non-hydrogen) atoms. The largest absolute Gasteiger partial charge is 0.497 e. The highest BCUT2D eigenvalue weighted by Gasteiger charge is 2.39. The number of ketones is 1. The molecule has 0 aliphatic carbocycles. The van der Waals surface area contributed by atoms with Crippen molar-refractivity contribution in [1.29, 1.82) is 0 Å². The van der Waals surface area contributed by atoms with Crippen LogP contribution in [0.3, 0.4) is 0 Å². The van der Waals surface area contributed by atoms with Crippen molar-refractivity contribution >= 4 is 34.4 Å². The number of hydrazone groups is 1. The van der Waals surface area contributed by atoms with E-state index in [1.807, 2.05) is 52.9 Å². The average molecular weight is 417 g/mol. The van der Waals surface area contributed by atoms with Crippen LogP contribution in [0, 0.1) is 0 Å². The SMILES string of the molecule is COc1ccc(C2=NN(CN3C(=O)C(=O)c4ccccc43)[C@@H](c3cccs3)C2)cc1. The molecule has 1 aromatic heterocycles. The molecule has 0 saturated carbocycles. The number of rotatable bonds is 5. The first kappa shape index (κ1) is 18.6. The number of Topliss-reactive ketones (excluding diaryl/α,β-unsaturated/α-hetero) is 1. The first-order valence-electron chi connectivity index (χ1n) is 9.63. The van der Waals surface area contributed by atoms with Crippen LogP contribution in [0.1, 0.15) is 33.3 Å². The molecule has 6 nitrogen and oxygen atoms in total. The molecule has 0 spiro atoms. The van der Waals surface area contributed by atoms with Crippen molar-refractivity contribution < 1.29 is 14.3 Å². The van der Waals surface area contributed by atoms with Gasteiger partial charge in [-0.25, -0.2) is 0 Å². The molecule has 1 amide bonds. The number of anilines is 1. The molecule has 0 unspecified atom stereocenters. The Morgan fingerprint density at radius 3 is 2.60 bits per heavy atom. The Kier molecular flexibility index (Phi) is 4.59. The van der Waals surface area contributed by atoms with Gasteiger partial charge in [0.1, 0.15) is 12.4 Å². The maximum absolute atomic E-state index is 12.7. The second-order valence-corrected chi connectivity index (χ2v) is 8.15. The minimum absolute atomic E-state index is 0.0118. The molecule has 150 valence electrons. The summed E-state index contributed by atoms with van der Waals surface area (Å²) in [7, 11) is 1.64. The van der Waals surface area contributed by atoms with E-state index in [0.29, 0.717) is 11.3 Å². The van der Waals surface area contributed by atoms with Crippen molar-refractivity contribution in [3.8, 4) is 5.75 Å². The molecule has 0 saturated heterocycles. The number of ether oxygens (including phenoxy) is 1. The zero-order chi connectivity index (χ0) is 20.7. The molecule has 0 bridgehead atoms. The normalized spacial score (nSPS) is 18.0. The Morgan fingerprint density at radius 2 is 1.87 bits per heavy atom. The third-order valence-electron chi connectivity index (χ3n) is 5.46. The number of hydrogen-bond acceptors (Lipinski definition) is 6. The lowest BCUT2D eigenvalue weighted by molar-refractivity contribution is -0.114. The Morgan fingerprint density at radius 1 is 1.07 bits per heavy atom. The van der Waals surface area contributed by atoms with Gasteiger partial charge in [0.15, 0.2) is 0 Å². The standard InChI is InChI=1S/C23H19N3O3S/c1-29-16-10-8-15(9-11-16)18-13-20(21-7-4-12-30-21)26(24-18)14-25-19-6-3-2-5-17(19)22(27)23(25)28/h2-12,20H,13-14H2,1H3/t20-/m1/s1. The second kappa shape index (κ2) is 7.42. The van der Waals surface area contributed by atoms with Gasteiger partial charge >= 0.3 is 5.91 Å². The van der Waals surface area contributed by atoms with Gasteiger partial charge in [-0.3, -0.25) is 19.5 Å². The van der Waals surface area contributed by atoms with Gasteiger partial charge in [0.2, 0.25) is 0 Å². The molecular formula is C23H19N3O3S. The van der Waals surface area contributed by atoms with Crippen molar-refractivity contribution in [3.63, 3.8) is 0 Å². The summed E-state index contributed by atoms with van der Waals surface area (Å²) in [5.74, 6) is -0.173. The lowest BCUT2D eigenvalue weighted by Crippen LogP contribution is -2.38. The molecule has 2 aliphatic heterocycles. The van der Waals surface area contributed by atoms with Crippen LogP contribution in [0.25, 0.3) is 0 Å². The maximum Gasteiger partial charge on any atom is 0.301 e. The molecule has 1 atom stereocenters. The summed E-state index contributed by atoms with van der Waals surface area (Å²) in [4.78, 5) is 27.7. The molecule has 5 rings (SSSR count). The second-order valence-electron chi connectivity index (χ2n) is 7.17. The minimum Gasteiger partial charge on any atom is -0.497 e. The molecule has 0 fully saturated rings. The van der Waals surface area contributed by atoms with Gasteiger partial charge < -0.3 is 4.74 Å². The summed E-state index contributed by atoms with van der Waals surface area (Å²) in [6.07, 6.45) is 0.727.